The zero-order valence-corrected chi connectivity index (χ0v) is 16.9. The Kier molecular flexibility index (Phi) is 6.75. The third kappa shape index (κ3) is 5.47. The molecule has 1 fully saturated rings. The number of amides is 1. The smallest absolute Gasteiger partial charge is 0.234 e. The second-order valence-electron chi connectivity index (χ2n) is 7.13. The van der Waals surface area contributed by atoms with Crippen LogP contribution in [-0.4, -0.2) is 43.5 Å². The number of carbonyl (C=O) groups excluding carboxylic acids is 1. The maximum atomic E-state index is 12.4. The van der Waals surface area contributed by atoms with Crippen LogP contribution in [0.2, 0.25) is 5.02 Å². The topological polar surface area (TPSA) is 35.6 Å². The first-order valence-electron chi connectivity index (χ1n) is 9.66. The largest absolute Gasteiger partial charge is 0.369 e. The lowest BCUT2D eigenvalue weighted by Gasteiger charge is -2.36. The van der Waals surface area contributed by atoms with Crippen LogP contribution in [0, 0.1) is 0 Å². The molecule has 3 rings (SSSR count). The van der Waals surface area contributed by atoms with Gasteiger partial charge in [0.05, 0.1) is 12.6 Å². The second-order valence-corrected chi connectivity index (χ2v) is 7.56. The van der Waals surface area contributed by atoms with E-state index in [2.05, 4.69) is 52.4 Å². The molecule has 2 aromatic rings. The fourth-order valence-corrected chi connectivity index (χ4v) is 3.64. The number of rotatable bonds is 6. The minimum Gasteiger partial charge on any atom is -0.369 e. The molecule has 1 saturated heterocycles. The van der Waals surface area contributed by atoms with Crippen molar-refractivity contribution in [1.29, 1.82) is 0 Å². The molecule has 0 bridgehead atoms. The van der Waals surface area contributed by atoms with Gasteiger partial charge in [-0.1, -0.05) is 48.9 Å². The van der Waals surface area contributed by atoms with E-state index in [1.54, 1.807) is 0 Å². The van der Waals surface area contributed by atoms with Gasteiger partial charge in [-0.2, -0.15) is 0 Å². The van der Waals surface area contributed by atoms with Gasteiger partial charge in [-0.3, -0.25) is 9.69 Å². The monoisotopic (exact) mass is 385 g/mol. The van der Waals surface area contributed by atoms with Crippen LogP contribution < -0.4 is 10.2 Å². The van der Waals surface area contributed by atoms with E-state index in [1.165, 1.54) is 5.56 Å². The number of piperazine rings is 1. The number of aryl methyl sites for hydroxylation is 1. The zero-order valence-electron chi connectivity index (χ0n) is 16.1. The summed E-state index contributed by atoms with van der Waals surface area (Å²) in [5.41, 5.74) is 3.61. The van der Waals surface area contributed by atoms with E-state index in [0.29, 0.717) is 6.54 Å². The van der Waals surface area contributed by atoms with E-state index in [0.717, 1.165) is 48.9 Å². The van der Waals surface area contributed by atoms with Crippen LogP contribution in [-0.2, 0) is 11.2 Å². The molecule has 0 aliphatic carbocycles. The molecule has 1 heterocycles. The molecule has 4 nitrogen and oxygen atoms in total. The number of nitrogens with zero attached hydrogens (tertiary/aromatic N) is 2. The first-order chi connectivity index (χ1) is 13.0. The summed E-state index contributed by atoms with van der Waals surface area (Å²) in [6.45, 7) is 8.19. The van der Waals surface area contributed by atoms with E-state index >= 15 is 0 Å². The third-order valence-electron chi connectivity index (χ3n) is 5.18. The molecule has 1 amide bonds. The van der Waals surface area contributed by atoms with Crippen molar-refractivity contribution in [2.24, 2.45) is 0 Å². The Morgan fingerprint density at radius 1 is 1.11 bits per heavy atom. The highest BCUT2D eigenvalue weighted by Gasteiger charge is 2.20. The van der Waals surface area contributed by atoms with Crippen molar-refractivity contribution < 1.29 is 4.79 Å². The number of hydrogen-bond donors (Lipinski definition) is 1. The van der Waals surface area contributed by atoms with Crippen molar-refractivity contribution >= 4 is 23.2 Å². The molecule has 27 heavy (non-hydrogen) atoms. The highest BCUT2D eigenvalue weighted by atomic mass is 35.5. The number of benzene rings is 2. The van der Waals surface area contributed by atoms with E-state index in [1.807, 2.05) is 25.1 Å². The van der Waals surface area contributed by atoms with Gasteiger partial charge in [0.1, 0.15) is 0 Å². The summed E-state index contributed by atoms with van der Waals surface area (Å²) in [6.07, 6.45) is 1.03. The van der Waals surface area contributed by atoms with Crippen LogP contribution in [0.5, 0.6) is 0 Å². The van der Waals surface area contributed by atoms with Gasteiger partial charge in [0, 0.05) is 36.9 Å². The lowest BCUT2D eigenvalue weighted by atomic mass is 10.1. The van der Waals surface area contributed by atoms with Gasteiger partial charge < -0.3 is 10.2 Å². The van der Waals surface area contributed by atoms with E-state index < -0.39 is 0 Å². The zero-order chi connectivity index (χ0) is 19.2. The first kappa shape index (κ1) is 19.7. The Labute approximate surface area is 167 Å². The van der Waals surface area contributed by atoms with Gasteiger partial charge in [0.15, 0.2) is 0 Å². The highest BCUT2D eigenvalue weighted by molar-refractivity contribution is 6.30. The van der Waals surface area contributed by atoms with Crippen molar-refractivity contribution in [3.05, 3.63) is 64.7 Å². The maximum Gasteiger partial charge on any atom is 0.234 e. The van der Waals surface area contributed by atoms with Gasteiger partial charge in [-0.25, -0.2) is 0 Å². The Morgan fingerprint density at radius 2 is 1.81 bits per heavy atom. The Morgan fingerprint density at radius 3 is 2.44 bits per heavy atom. The molecular formula is C22H28ClN3O. The standard InChI is InChI=1S/C22H28ClN3O/c1-3-18-7-9-19(10-8-18)17(2)24-22(27)16-25-11-13-26(14-12-25)21-6-4-5-20(23)15-21/h4-10,15,17H,3,11-14,16H2,1-2H3,(H,24,27)/t17-/m1/s1. The number of halogens is 1. The van der Waals surface area contributed by atoms with Crippen molar-refractivity contribution in [1.82, 2.24) is 10.2 Å². The fraction of sp³-hybridized carbons (Fsp3) is 0.409. The van der Waals surface area contributed by atoms with Gasteiger partial charge in [-0.15, -0.1) is 0 Å². The van der Waals surface area contributed by atoms with Gasteiger partial charge in [0.2, 0.25) is 5.91 Å². The van der Waals surface area contributed by atoms with Crippen molar-refractivity contribution in [3.8, 4) is 0 Å². The highest BCUT2D eigenvalue weighted by Crippen LogP contribution is 2.20. The average Bonchev–Trinajstić information content (AvgIpc) is 2.68. The molecule has 0 aromatic heterocycles. The normalized spacial score (nSPS) is 16.2. The summed E-state index contributed by atoms with van der Waals surface area (Å²) in [5.74, 6) is 0.0817. The molecule has 2 aromatic carbocycles. The number of carbonyl (C=O) groups is 1. The van der Waals surface area contributed by atoms with Crippen molar-refractivity contribution in [2.45, 2.75) is 26.3 Å². The summed E-state index contributed by atoms with van der Waals surface area (Å²) in [4.78, 5) is 17.0. The fourth-order valence-electron chi connectivity index (χ4n) is 3.45. The summed E-state index contributed by atoms with van der Waals surface area (Å²) >= 11 is 6.09. The summed E-state index contributed by atoms with van der Waals surface area (Å²) in [5, 5.41) is 3.88. The Balaban J connectivity index is 1.46. The molecule has 1 N–H and O–H groups in total. The van der Waals surface area contributed by atoms with Gasteiger partial charge >= 0.3 is 0 Å². The summed E-state index contributed by atoms with van der Waals surface area (Å²) in [7, 11) is 0. The molecule has 0 spiro atoms. The Hall–Kier alpha value is -2.04. The molecule has 1 aliphatic heterocycles. The van der Waals surface area contributed by atoms with Crippen molar-refractivity contribution in [2.75, 3.05) is 37.6 Å². The van der Waals surface area contributed by atoms with Gasteiger partial charge in [-0.05, 0) is 42.7 Å². The van der Waals surface area contributed by atoms with Crippen LogP contribution in [0.25, 0.3) is 0 Å². The maximum absolute atomic E-state index is 12.4. The van der Waals surface area contributed by atoms with Crippen LogP contribution in [0.3, 0.4) is 0 Å². The van der Waals surface area contributed by atoms with Crippen molar-refractivity contribution in [3.63, 3.8) is 0 Å². The molecular weight excluding hydrogens is 358 g/mol. The van der Waals surface area contributed by atoms with Crippen LogP contribution in [0.1, 0.15) is 31.0 Å². The van der Waals surface area contributed by atoms with Crippen LogP contribution in [0.4, 0.5) is 5.69 Å². The molecule has 0 saturated carbocycles. The molecule has 5 heteroatoms. The quantitative estimate of drug-likeness (QED) is 0.819. The molecule has 0 radical (unpaired) electrons. The molecule has 1 atom stereocenters. The molecule has 144 valence electrons. The number of hydrogen-bond acceptors (Lipinski definition) is 3. The predicted octanol–water partition coefficient (Wildman–Crippen LogP) is 3.90. The number of anilines is 1. The summed E-state index contributed by atoms with van der Waals surface area (Å²) in [6, 6.07) is 16.4. The lowest BCUT2D eigenvalue weighted by Crippen LogP contribution is -2.49. The SMILES string of the molecule is CCc1ccc([C@@H](C)NC(=O)CN2CCN(c3cccc(Cl)c3)CC2)cc1. The average molecular weight is 386 g/mol. The summed E-state index contributed by atoms with van der Waals surface area (Å²) < 4.78 is 0. The van der Waals surface area contributed by atoms with E-state index in [-0.39, 0.29) is 11.9 Å². The van der Waals surface area contributed by atoms with E-state index in [9.17, 15) is 4.79 Å². The lowest BCUT2D eigenvalue weighted by molar-refractivity contribution is -0.123. The Bertz CT molecular complexity index is 754. The second kappa shape index (κ2) is 9.25. The third-order valence-corrected chi connectivity index (χ3v) is 5.41. The minimum atomic E-state index is 0.0242. The van der Waals surface area contributed by atoms with Crippen LogP contribution in [0.15, 0.2) is 48.5 Å². The van der Waals surface area contributed by atoms with E-state index in [4.69, 9.17) is 11.6 Å². The molecule has 1 aliphatic rings. The van der Waals surface area contributed by atoms with Gasteiger partial charge in [0.25, 0.3) is 0 Å². The minimum absolute atomic E-state index is 0.0242. The number of nitrogens with one attached hydrogen (secondary N) is 1. The molecule has 0 unspecified atom stereocenters. The predicted molar refractivity (Wildman–Crippen MR) is 112 cm³/mol. The van der Waals surface area contributed by atoms with Crippen LogP contribution >= 0.6 is 11.6 Å². The first-order valence-corrected chi connectivity index (χ1v) is 10.0.